The topological polar surface area (TPSA) is 105 Å². The zero-order valence-electron chi connectivity index (χ0n) is 17.5. The zero-order chi connectivity index (χ0) is 22.4. The van der Waals surface area contributed by atoms with E-state index in [4.69, 9.17) is 4.74 Å². The summed E-state index contributed by atoms with van der Waals surface area (Å²) in [6, 6.07) is 15.2. The first-order valence-corrected chi connectivity index (χ1v) is 10.0. The number of nitrogens with zero attached hydrogens (tertiary/aromatic N) is 1. The number of benzene rings is 2. The van der Waals surface area contributed by atoms with E-state index in [9.17, 15) is 19.2 Å². The average Bonchev–Trinajstić information content (AvgIpc) is 2.75. The van der Waals surface area contributed by atoms with Crippen LogP contribution in [0.1, 0.15) is 19.4 Å². The van der Waals surface area contributed by atoms with E-state index < -0.39 is 24.5 Å². The summed E-state index contributed by atoms with van der Waals surface area (Å²) in [5.74, 6) is -2.08. The van der Waals surface area contributed by atoms with Gasteiger partial charge in [-0.25, -0.2) is 4.79 Å². The highest BCUT2D eigenvalue weighted by Gasteiger charge is 2.30. The monoisotopic (exact) mass is 423 g/mol. The molecule has 0 aromatic heterocycles. The van der Waals surface area contributed by atoms with Crippen LogP contribution in [0.2, 0.25) is 0 Å². The zero-order valence-corrected chi connectivity index (χ0v) is 17.5. The van der Waals surface area contributed by atoms with Crippen molar-refractivity contribution in [2.75, 3.05) is 23.4 Å². The third-order valence-electron chi connectivity index (χ3n) is 4.85. The summed E-state index contributed by atoms with van der Waals surface area (Å²) in [6.07, 6.45) is 0.135. The van der Waals surface area contributed by atoms with Crippen molar-refractivity contribution < 1.29 is 23.9 Å². The van der Waals surface area contributed by atoms with Gasteiger partial charge in [0.15, 0.2) is 6.61 Å². The number of hydrogen-bond donors (Lipinski definition) is 2. The Morgan fingerprint density at radius 3 is 2.45 bits per heavy atom. The molecule has 0 saturated carbocycles. The van der Waals surface area contributed by atoms with Crippen LogP contribution in [0.5, 0.6) is 0 Å². The molecule has 3 rings (SSSR count). The van der Waals surface area contributed by atoms with E-state index in [2.05, 4.69) is 10.6 Å². The van der Waals surface area contributed by atoms with Gasteiger partial charge in [0.25, 0.3) is 5.91 Å². The molecule has 1 aliphatic rings. The Labute approximate surface area is 180 Å². The highest BCUT2D eigenvalue weighted by molar-refractivity contribution is 6.10. The van der Waals surface area contributed by atoms with E-state index in [1.807, 2.05) is 30.3 Å². The molecule has 0 unspecified atom stereocenters. The third kappa shape index (κ3) is 5.69. The van der Waals surface area contributed by atoms with Crippen LogP contribution in [0, 0.1) is 5.92 Å². The predicted octanol–water partition coefficient (Wildman–Crippen LogP) is 1.90. The Morgan fingerprint density at radius 1 is 1.06 bits per heavy atom. The van der Waals surface area contributed by atoms with Crippen molar-refractivity contribution in [2.24, 2.45) is 5.92 Å². The van der Waals surface area contributed by atoms with Crippen molar-refractivity contribution >= 4 is 35.1 Å². The lowest BCUT2D eigenvalue weighted by Crippen LogP contribution is -2.48. The molecule has 0 bridgehead atoms. The van der Waals surface area contributed by atoms with Gasteiger partial charge in [0.05, 0.1) is 17.8 Å². The Morgan fingerprint density at radius 2 is 1.74 bits per heavy atom. The molecule has 0 saturated heterocycles. The van der Waals surface area contributed by atoms with Crippen molar-refractivity contribution in [3.8, 4) is 0 Å². The van der Waals surface area contributed by atoms with Crippen LogP contribution in [0.3, 0.4) is 0 Å². The van der Waals surface area contributed by atoms with Crippen LogP contribution in [-0.4, -0.2) is 42.9 Å². The maximum atomic E-state index is 12.6. The van der Waals surface area contributed by atoms with Crippen LogP contribution in [0.15, 0.2) is 54.6 Å². The lowest BCUT2D eigenvalue weighted by Gasteiger charge is -2.29. The molecule has 1 heterocycles. The van der Waals surface area contributed by atoms with E-state index in [1.54, 1.807) is 38.1 Å². The normalized spacial score (nSPS) is 13.8. The van der Waals surface area contributed by atoms with E-state index in [0.717, 1.165) is 5.56 Å². The van der Waals surface area contributed by atoms with Gasteiger partial charge in [0.1, 0.15) is 12.6 Å². The number of rotatable bonds is 7. The van der Waals surface area contributed by atoms with Crippen molar-refractivity contribution in [3.05, 3.63) is 60.2 Å². The van der Waals surface area contributed by atoms with Gasteiger partial charge in [-0.3, -0.25) is 19.3 Å². The fourth-order valence-corrected chi connectivity index (χ4v) is 3.26. The first kappa shape index (κ1) is 22.0. The number of nitrogens with one attached hydrogen (secondary N) is 2. The number of hydrogen-bond acceptors (Lipinski definition) is 5. The largest absolute Gasteiger partial charge is 0.454 e. The average molecular weight is 423 g/mol. The second-order valence-corrected chi connectivity index (χ2v) is 7.60. The lowest BCUT2D eigenvalue weighted by molar-refractivity contribution is -0.152. The van der Waals surface area contributed by atoms with Gasteiger partial charge in [-0.15, -0.1) is 0 Å². The summed E-state index contributed by atoms with van der Waals surface area (Å²) in [4.78, 5) is 50.7. The minimum Gasteiger partial charge on any atom is -0.454 e. The van der Waals surface area contributed by atoms with Gasteiger partial charge in [-0.05, 0) is 23.6 Å². The Hall–Kier alpha value is -3.68. The number of carbonyl (C=O) groups is 4. The maximum Gasteiger partial charge on any atom is 0.329 e. The highest BCUT2D eigenvalue weighted by Crippen LogP contribution is 2.28. The number of ether oxygens (including phenoxy) is 1. The summed E-state index contributed by atoms with van der Waals surface area (Å²) < 4.78 is 5.21. The molecule has 162 valence electrons. The van der Waals surface area contributed by atoms with Gasteiger partial charge in [-0.2, -0.15) is 0 Å². The second kappa shape index (κ2) is 9.88. The van der Waals surface area contributed by atoms with Gasteiger partial charge in [-0.1, -0.05) is 56.3 Å². The molecule has 0 spiro atoms. The minimum atomic E-state index is -0.888. The number of carbonyl (C=O) groups excluding carboxylic acids is 4. The van der Waals surface area contributed by atoms with Crippen molar-refractivity contribution in [3.63, 3.8) is 0 Å². The van der Waals surface area contributed by atoms with Gasteiger partial charge in [0, 0.05) is 0 Å². The van der Waals surface area contributed by atoms with Crippen molar-refractivity contribution in [2.45, 2.75) is 26.3 Å². The molecular weight excluding hydrogens is 398 g/mol. The quantitative estimate of drug-likeness (QED) is 0.662. The molecule has 2 aromatic carbocycles. The third-order valence-corrected chi connectivity index (χ3v) is 4.85. The Kier molecular flexibility index (Phi) is 7.02. The number of amides is 3. The lowest BCUT2D eigenvalue weighted by atomic mass is 10.0. The fourth-order valence-electron chi connectivity index (χ4n) is 3.26. The molecule has 2 aromatic rings. The van der Waals surface area contributed by atoms with Crippen LogP contribution in [0.4, 0.5) is 11.4 Å². The SMILES string of the molecule is CC(C)[C@H](NC(=O)Cc1ccccc1)C(=O)OCC(=O)N1CC(=O)Nc2ccccc21. The second-order valence-electron chi connectivity index (χ2n) is 7.60. The number of esters is 1. The molecule has 1 atom stereocenters. The van der Waals surface area contributed by atoms with E-state index in [0.29, 0.717) is 11.4 Å². The Bertz CT molecular complexity index is 974. The van der Waals surface area contributed by atoms with Crippen LogP contribution in [-0.2, 0) is 30.3 Å². The van der Waals surface area contributed by atoms with Crippen molar-refractivity contribution in [1.29, 1.82) is 0 Å². The van der Waals surface area contributed by atoms with Gasteiger partial charge in [0.2, 0.25) is 11.8 Å². The minimum absolute atomic E-state index is 0.135. The Balaban J connectivity index is 1.59. The number of para-hydroxylation sites is 2. The van der Waals surface area contributed by atoms with Gasteiger partial charge < -0.3 is 15.4 Å². The summed E-state index contributed by atoms with van der Waals surface area (Å²) in [5.41, 5.74) is 1.89. The maximum absolute atomic E-state index is 12.6. The summed E-state index contributed by atoms with van der Waals surface area (Å²) >= 11 is 0. The molecule has 3 amide bonds. The molecule has 2 N–H and O–H groups in total. The van der Waals surface area contributed by atoms with Crippen LogP contribution < -0.4 is 15.5 Å². The van der Waals surface area contributed by atoms with E-state index in [1.165, 1.54) is 4.90 Å². The van der Waals surface area contributed by atoms with Crippen LogP contribution in [0.25, 0.3) is 0 Å². The molecule has 0 radical (unpaired) electrons. The summed E-state index contributed by atoms with van der Waals surface area (Å²) in [7, 11) is 0. The molecule has 8 nitrogen and oxygen atoms in total. The summed E-state index contributed by atoms with van der Waals surface area (Å²) in [6.45, 7) is 2.87. The highest BCUT2D eigenvalue weighted by atomic mass is 16.5. The summed E-state index contributed by atoms with van der Waals surface area (Å²) in [5, 5.41) is 5.38. The van der Waals surface area contributed by atoms with Gasteiger partial charge >= 0.3 is 5.97 Å². The predicted molar refractivity (Wildman–Crippen MR) is 115 cm³/mol. The smallest absolute Gasteiger partial charge is 0.329 e. The molecule has 8 heteroatoms. The molecule has 0 fully saturated rings. The number of anilines is 2. The fraction of sp³-hybridized carbons (Fsp3) is 0.304. The first-order valence-electron chi connectivity index (χ1n) is 10.0. The molecule has 1 aliphatic heterocycles. The first-order chi connectivity index (χ1) is 14.8. The van der Waals surface area contributed by atoms with E-state index >= 15 is 0 Å². The molecule has 31 heavy (non-hydrogen) atoms. The molecular formula is C23H25N3O5. The molecule has 0 aliphatic carbocycles. The number of fused-ring (bicyclic) bond motifs is 1. The van der Waals surface area contributed by atoms with Crippen molar-refractivity contribution in [1.82, 2.24) is 5.32 Å². The van der Waals surface area contributed by atoms with Crippen LogP contribution >= 0.6 is 0 Å². The van der Waals surface area contributed by atoms with E-state index in [-0.39, 0.29) is 30.7 Å². The standard InChI is InChI=1S/C23H25N3O5/c1-15(2)22(25-19(27)12-16-8-4-3-5-9-16)23(30)31-14-21(29)26-13-20(28)24-17-10-6-7-11-18(17)26/h3-11,15,22H,12-14H2,1-2H3,(H,24,28)(H,25,27)/t22-/m0/s1.